The lowest BCUT2D eigenvalue weighted by atomic mass is 10.4. The molecule has 17 heavy (non-hydrogen) atoms. The molecular formula is C12H36N5+5. The lowest BCUT2D eigenvalue weighted by molar-refractivity contribution is -0.768. The zero-order chi connectivity index (χ0) is 12.6. The fourth-order valence-corrected chi connectivity index (χ4v) is 1.77. The molecule has 0 aromatic rings. The predicted octanol–water partition coefficient (Wildman–Crippen LogP) is -6.16. The van der Waals surface area contributed by atoms with Gasteiger partial charge in [0.15, 0.2) is 0 Å². The maximum absolute atomic E-state index is 2.44. The van der Waals surface area contributed by atoms with Crippen molar-refractivity contribution < 1.29 is 26.6 Å². The van der Waals surface area contributed by atoms with Gasteiger partial charge in [0.05, 0.1) is 13.6 Å². The van der Waals surface area contributed by atoms with Crippen LogP contribution in [0.2, 0.25) is 0 Å². The third kappa shape index (κ3) is 15.8. The van der Waals surface area contributed by atoms with E-state index in [2.05, 4.69) is 40.6 Å². The molecule has 0 amide bonds. The number of nitrogens with two attached hydrogens (primary N) is 5. The summed E-state index contributed by atoms with van der Waals surface area (Å²) in [6.45, 7) is 13.6. The van der Waals surface area contributed by atoms with Crippen molar-refractivity contribution in [1.29, 1.82) is 0 Å². The Bertz CT molecular complexity index is 118. The maximum atomic E-state index is 2.44. The van der Waals surface area contributed by atoms with Crippen molar-refractivity contribution in [3.63, 3.8) is 0 Å². The summed E-state index contributed by atoms with van der Waals surface area (Å²) >= 11 is 0. The van der Waals surface area contributed by atoms with Gasteiger partial charge in [-0.25, -0.2) is 0 Å². The van der Waals surface area contributed by atoms with E-state index in [1.807, 2.05) is 0 Å². The van der Waals surface area contributed by atoms with Crippen LogP contribution in [0.1, 0.15) is 13.3 Å². The quantitative estimate of drug-likeness (QED) is 0.190. The van der Waals surface area contributed by atoms with Crippen molar-refractivity contribution in [3.8, 4) is 0 Å². The highest BCUT2D eigenvalue weighted by atomic mass is 15.0. The molecule has 0 saturated carbocycles. The van der Waals surface area contributed by atoms with Gasteiger partial charge in [-0.15, -0.1) is 0 Å². The van der Waals surface area contributed by atoms with E-state index in [-0.39, 0.29) is 0 Å². The second kappa shape index (κ2) is 15.8. The molecule has 0 atom stereocenters. The fourth-order valence-electron chi connectivity index (χ4n) is 1.77. The SMILES string of the molecule is CCC[NH2+]CC[NH2+]CC[NH2+]CC[NH2+]CC[NH2+]C. The summed E-state index contributed by atoms with van der Waals surface area (Å²) in [5.41, 5.74) is 0. The van der Waals surface area contributed by atoms with E-state index in [4.69, 9.17) is 0 Å². The van der Waals surface area contributed by atoms with Gasteiger partial charge in [0, 0.05) is 0 Å². The predicted molar refractivity (Wildman–Crippen MR) is 69.6 cm³/mol. The molecule has 0 heterocycles. The molecule has 0 aromatic carbocycles. The summed E-state index contributed by atoms with van der Waals surface area (Å²) in [6, 6.07) is 0. The molecular weight excluding hydrogens is 214 g/mol. The summed E-state index contributed by atoms with van der Waals surface area (Å²) in [4.78, 5) is 0. The number of hydrogen-bond acceptors (Lipinski definition) is 0. The van der Waals surface area contributed by atoms with Crippen molar-refractivity contribution in [2.24, 2.45) is 0 Å². The van der Waals surface area contributed by atoms with Crippen LogP contribution in [-0.4, -0.2) is 66.0 Å². The van der Waals surface area contributed by atoms with Gasteiger partial charge in [-0.05, 0) is 6.42 Å². The topological polar surface area (TPSA) is 83.0 Å². The van der Waals surface area contributed by atoms with E-state index in [0.717, 1.165) is 0 Å². The van der Waals surface area contributed by atoms with Gasteiger partial charge in [-0.2, -0.15) is 0 Å². The van der Waals surface area contributed by atoms with Crippen LogP contribution in [0.5, 0.6) is 0 Å². The molecule has 0 spiro atoms. The van der Waals surface area contributed by atoms with E-state index in [1.165, 1.54) is 65.3 Å². The first kappa shape index (κ1) is 16.8. The van der Waals surface area contributed by atoms with Crippen molar-refractivity contribution in [3.05, 3.63) is 0 Å². The molecule has 104 valence electrons. The minimum atomic E-state index is 1.24. The zero-order valence-electron chi connectivity index (χ0n) is 12.0. The molecule has 0 radical (unpaired) electrons. The summed E-state index contributed by atoms with van der Waals surface area (Å²) in [6.07, 6.45) is 1.29. The molecule has 0 saturated heterocycles. The van der Waals surface area contributed by atoms with Gasteiger partial charge in [0.2, 0.25) is 0 Å². The number of rotatable bonds is 14. The molecule has 10 N–H and O–H groups in total. The van der Waals surface area contributed by atoms with Gasteiger partial charge in [-0.1, -0.05) is 6.92 Å². The summed E-state index contributed by atoms with van der Waals surface area (Å²) in [5, 5.41) is 12.0. The Hall–Kier alpha value is -0.200. The minimum Gasteiger partial charge on any atom is -0.344 e. The van der Waals surface area contributed by atoms with Crippen LogP contribution in [0.4, 0.5) is 0 Å². The van der Waals surface area contributed by atoms with Gasteiger partial charge >= 0.3 is 0 Å². The van der Waals surface area contributed by atoms with Crippen molar-refractivity contribution in [1.82, 2.24) is 0 Å². The largest absolute Gasteiger partial charge is 0.344 e. The van der Waals surface area contributed by atoms with Crippen LogP contribution in [0.3, 0.4) is 0 Å². The molecule has 0 bridgehead atoms. The second-order valence-electron chi connectivity index (χ2n) is 4.66. The Kier molecular flexibility index (Phi) is 15.6. The Balaban J connectivity index is 2.85. The molecule has 0 unspecified atom stereocenters. The average molecular weight is 250 g/mol. The van der Waals surface area contributed by atoms with Crippen LogP contribution >= 0.6 is 0 Å². The molecule has 0 rings (SSSR count). The maximum Gasteiger partial charge on any atom is 0.125 e. The Morgan fingerprint density at radius 2 is 0.882 bits per heavy atom. The number of likely N-dealkylation sites (N-methyl/N-ethyl adjacent to an activating group) is 1. The Labute approximate surface area is 107 Å². The van der Waals surface area contributed by atoms with Crippen molar-refractivity contribution in [2.75, 3.05) is 66.0 Å². The molecule has 0 aliphatic carbocycles. The molecule has 5 nitrogen and oxygen atoms in total. The standard InChI is InChI=1S/C12H31N5/c1-3-4-14-7-8-16-11-12-17-10-9-15-6-5-13-2/h13-17H,3-12H2,1-2H3/p+5. The van der Waals surface area contributed by atoms with Gasteiger partial charge in [0.1, 0.15) is 52.4 Å². The summed E-state index contributed by atoms with van der Waals surface area (Å²) in [5.74, 6) is 0. The molecule has 0 aliphatic heterocycles. The Morgan fingerprint density at radius 3 is 1.24 bits per heavy atom. The lowest BCUT2D eigenvalue weighted by Crippen LogP contribution is -3.01. The highest BCUT2D eigenvalue weighted by molar-refractivity contribution is 4.22. The Morgan fingerprint density at radius 1 is 0.529 bits per heavy atom. The van der Waals surface area contributed by atoms with Crippen LogP contribution in [0, 0.1) is 0 Å². The molecule has 0 aliphatic rings. The first-order chi connectivity index (χ1) is 8.41. The zero-order valence-corrected chi connectivity index (χ0v) is 12.0. The van der Waals surface area contributed by atoms with Crippen molar-refractivity contribution >= 4 is 0 Å². The smallest absolute Gasteiger partial charge is 0.125 e. The van der Waals surface area contributed by atoms with Gasteiger partial charge in [0.25, 0.3) is 0 Å². The van der Waals surface area contributed by atoms with E-state index in [0.29, 0.717) is 0 Å². The highest BCUT2D eigenvalue weighted by Crippen LogP contribution is 1.57. The minimum absolute atomic E-state index is 1.24. The van der Waals surface area contributed by atoms with E-state index >= 15 is 0 Å². The van der Waals surface area contributed by atoms with Crippen molar-refractivity contribution in [2.45, 2.75) is 13.3 Å². The summed E-state index contributed by atoms with van der Waals surface area (Å²) < 4.78 is 0. The number of hydrogen-bond donors (Lipinski definition) is 5. The second-order valence-corrected chi connectivity index (χ2v) is 4.66. The van der Waals surface area contributed by atoms with Crippen LogP contribution in [0.15, 0.2) is 0 Å². The van der Waals surface area contributed by atoms with E-state index in [9.17, 15) is 0 Å². The first-order valence-corrected chi connectivity index (χ1v) is 7.46. The lowest BCUT2D eigenvalue weighted by Gasteiger charge is -2.02. The normalized spacial score (nSPS) is 10.9. The third-order valence-electron chi connectivity index (χ3n) is 2.88. The molecule has 0 fully saturated rings. The third-order valence-corrected chi connectivity index (χ3v) is 2.88. The summed E-state index contributed by atoms with van der Waals surface area (Å²) in [7, 11) is 2.13. The molecule has 0 aromatic heterocycles. The van der Waals surface area contributed by atoms with Crippen LogP contribution in [-0.2, 0) is 0 Å². The van der Waals surface area contributed by atoms with Crippen LogP contribution in [0.25, 0.3) is 0 Å². The number of quaternary nitrogens is 5. The first-order valence-electron chi connectivity index (χ1n) is 7.46. The highest BCUT2D eigenvalue weighted by Gasteiger charge is 1.96. The fraction of sp³-hybridized carbons (Fsp3) is 1.00. The van der Waals surface area contributed by atoms with Gasteiger partial charge < -0.3 is 26.6 Å². The monoisotopic (exact) mass is 250 g/mol. The molecule has 5 heteroatoms. The van der Waals surface area contributed by atoms with E-state index in [1.54, 1.807) is 0 Å². The van der Waals surface area contributed by atoms with Crippen LogP contribution < -0.4 is 26.6 Å². The van der Waals surface area contributed by atoms with E-state index < -0.39 is 0 Å². The average Bonchev–Trinajstić information content (AvgIpc) is 2.35. The van der Waals surface area contributed by atoms with Gasteiger partial charge in [-0.3, -0.25) is 0 Å².